The average molecular weight is 171 g/mol. The Kier molecular flexibility index (Phi) is 4.04. The van der Waals surface area contributed by atoms with Crippen LogP contribution in [0.4, 0.5) is 0 Å². The Bertz CT molecular complexity index is 141. The molecule has 4 nitrogen and oxygen atoms in total. The van der Waals surface area contributed by atoms with Crippen LogP contribution < -0.4 is 10.6 Å². The number of carbonyl (C=O) groups excluding carboxylic acids is 1. The minimum atomic E-state index is 0.0960. The fourth-order valence-corrected chi connectivity index (χ4v) is 1.32. The number of amides is 1. The zero-order valence-electron chi connectivity index (χ0n) is 7.60. The second-order valence-electron chi connectivity index (χ2n) is 3.09. The lowest BCUT2D eigenvalue weighted by molar-refractivity contribution is -0.121. The fraction of sp³-hybridized carbons (Fsp3) is 0.875. The minimum Gasteiger partial charge on any atom is -0.358 e. The molecular formula is C8H17N3O. The van der Waals surface area contributed by atoms with E-state index in [4.69, 9.17) is 0 Å². The molecule has 4 heteroatoms. The number of hydrogen-bond donors (Lipinski definition) is 2. The molecule has 0 radical (unpaired) electrons. The SMILES string of the molecule is CNC(=O)CN1CCCCNC1. The molecule has 1 aliphatic heterocycles. The summed E-state index contributed by atoms with van der Waals surface area (Å²) in [5, 5.41) is 5.90. The first-order chi connectivity index (χ1) is 5.83. The quantitative estimate of drug-likeness (QED) is 0.582. The lowest BCUT2D eigenvalue weighted by atomic mass is 10.3. The van der Waals surface area contributed by atoms with Crippen molar-refractivity contribution in [2.75, 3.05) is 33.4 Å². The van der Waals surface area contributed by atoms with Crippen molar-refractivity contribution in [3.63, 3.8) is 0 Å². The van der Waals surface area contributed by atoms with Gasteiger partial charge in [-0.3, -0.25) is 9.69 Å². The first-order valence-electron chi connectivity index (χ1n) is 4.46. The van der Waals surface area contributed by atoms with Gasteiger partial charge >= 0.3 is 0 Å². The van der Waals surface area contributed by atoms with Crippen LogP contribution in [0.3, 0.4) is 0 Å². The Balaban J connectivity index is 2.24. The van der Waals surface area contributed by atoms with Crippen LogP contribution in [-0.2, 0) is 4.79 Å². The van der Waals surface area contributed by atoms with Gasteiger partial charge in [-0.15, -0.1) is 0 Å². The first-order valence-corrected chi connectivity index (χ1v) is 4.46. The highest BCUT2D eigenvalue weighted by Crippen LogP contribution is 1.97. The molecule has 1 saturated heterocycles. The van der Waals surface area contributed by atoms with E-state index in [0.717, 1.165) is 19.8 Å². The Morgan fingerprint density at radius 2 is 2.42 bits per heavy atom. The molecule has 0 bridgehead atoms. The number of rotatable bonds is 2. The summed E-state index contributed by atoms with van der Waals surface area (Å²) in [6, 6.07) is 0. The lowest BCUT2D eigenvalue weighted by Crippen LogP contribution is -2.39. The van der Waals surface area contributed by atoms with Gasteiger partial charge in [0.15, 0.2) is 0 Å². The van der Waals surface area contributed by atoms with Crippen LogP contribution in [0.15, 0.2) is 0 Å². The number of nitrogens with zero attached hydrogens (tertiary/aromatic N) is 1. The standard InChI is InChI=1S/C8H17N3O/c1-9-8(12)6-11-5-3-2-4-10-7-11/h10H,2-7H2,1H3,(H,9,12). The summed E-state index contributed by atoms with van der Waals surface area (Å²) < 4.78 is 0. The molecule has 1 aliphatic rings. The monoisotopic (exact) mass is 171 g/mol. The van der Waals surface area contributed by atoms with Gasteiger partial charge in [0.05, 0.1) is 6.54 Å². The average Bonchev–Trinajstić information content (AvgIpc) is 2.33. The minimum absolute atomic E-state index is 0.0960. The van der Waals surface area contributed by atoms with E-state index < -0.39 is 0 Å². The Morgan fingerprint density at radius 3 is 3.17 bits per heavy atom. The summed E-state index contributed by atoms with van der Waals surface area (Å²) in [4.78, 5) is 13.1. The molecule has 1 heterocycles. The summed E-state index contributed by atoms with van der Waals surface area (Å²) in [5.41, 5.74) is 0. The predicted octanol–water partition coefficient (Wildman–Crippen LogP) is -0.625. The lowest BCUT2D eigenvalue weighted by Gasteiger charge is -2.18. The Labute approximate surface area is 73.3 Å². The predicted molar refractivity (Wildman–Crippen MR) is 47.7 cm³/mol. The molecule has 0 spiro atoms. The molecule has 1 rings (SSSR count). The maximum absolute atomic E-state index is 11.0. The van der Waals surface area contributed by atoms with E-state index in [1.807, 2.05) is 0 Å². The number of nitrogens with one attached hydrogen (secondary N) is 2. The highest BCUT2D eigenvalue weighted by atomic mass is 16.1. The maximum Gasteiger partial charge on any atom is 0.233 e. The second kappa shape index (κ2) is 5.11. The van der Waals surface area contributed by atoms with Crippen LogP contribution in [0.1, 0.15) is 12.8 Å². The van der Waals surface area contributed by atoms with Gasteiger partial charge < -0.3 is 10.6 Å². The largest absolute Gasteiger partial charge is 0.358 e. The van der Waals surface area contributed by atoms with Crippen molar-refractivity contribution in [1.82, 2.24) is 15.5 Å². The third kappa shape index (κ3) is 3.19. The summed E-state index contributed by atoms with van der Waals surface area (Å²) in [7, 11) is 1.67. The summed E-state index contributed by atoms with van der Waals surface area (Å²) >= 11 is 0. The number of carbonyl (C=O) groups is 1. The third-order valence-electron chi connectivity index (χ3n) is 2.06. The van der Waals surface area contributed by atoms with Crippen molar-refractivity contribution in [3.8, 4) is 0 Å². The fourth-order valence-electron chi connectivity index (χ4n) is 1.32. The molecule has 2 N–H and O–H groups in total. The van der Waals surface area contributed by atoms with Crippen molar-refractivity contribution >= 4 is 5.91 Å². The van der Waals surface area contributed by atoms with E-state index in [2.05, 4.69) is 15.5 Å². The Morgan fingerprint density at radius 1 is 1.58 bits per heavy atom. The summed E-state index contributed by atoms with van der Waals surface area (Å²) in [6.45, 7) is 3.46. The van der Waals surface area contributed by atoms with Crippen LogP contribution in [0.5, 0.6) is 0 Å². The highest BCUT2D eigenvalue weighted by Gasteiger charge is 2.10. The molecular weight excluding hydrogens is 154 g/mol. The van der Waals surface area contributed by atoms with Crippen molar-refractivity contribution < 1.29 is 4.79 Å². The molecule has 0 unspecified atom stereocenters. The van der Waals surface area contributed by atoms with Gasteiger partial charge in [-0.25, -0.2) is 0 Å². The molecule has 1 fully saturated rings. The van der Waals surface area contributed by atoms with Crippen LogP contribution in [0.2, 0.25) is 0 Å². The molecule has 0 saturated carbocycles. The highest BCUT2D eigenvalue weighted by molar-refractivity contribution is 5.77. The number of hydrogen-bond acceptors (Lipinski definition) is 3. The molecule has 0 aliphatic carbocycles. The first kappa shape index (κ1) is 9.48. The van der Waals surface area contributed by atoms with E-state index >= 15 is 0 Å². The molecule has 1 amide bonds. The maximum atomic E-state index is 11.0. The van der Waals surface area contributed by atoms with Crippen LogP contribution in [-0.4, -0.2) is 44.2 Å². The van der Waals surface area contributed by atoms with E-state index in [1.165, 1.54) is 12.8 Å². The van der Waals surface area contributed by atoms with E-state index in [9.17, 15) is 4.79 Å². The molecule has 0 aromatic carbocycles. The van der Waals surface area contributed by atoms with Gasteiger partial charge in [-0.05, 0) is 25.9 Å². The topological polar surface area (TPSA) is 44.4 Å². The number of likely N-dealkylation sites (N-methyl/N-ethyl adjacent to an activating group) is 1. The van der Waals surface area contributed by atoms with E-state index in [0.29, 0.717) is 6.54 Å². The smallest absolute Gasteiger partial charge is 0.233 e. The van der Waals surface area contributed by atoms with Crippen molar-refractivity contribution in [2.24, 2.45) is 0 Å². The zero-order chi connectivity index (χ0) is 8.81. The molecule has 12 heavy (non-hydrogen) atoms. The van der Waals surface area contributed by atoms with Crippen LogP contribution in [0, 0.1) is 0 Å². The molecule has 0 aromatic rings. The van der Waals surface area contributed by atoms with E-state index in [1.54, 1.807) is 7.05 Å². The Hall–Kier alpha value is -0.610. The zero-order valence-corrected chi connectivity index (χ0v) is 7.60. The van der Waals surface area contributed by atoms with E-state index in [-0.39, 0.29) is 5.91 Å². The summed E-state index contributed by atoms with van der Waals surface area (Å²) in [5.74, 6) is 0.0960. The van der Waals surface area contributed by atoms with Gasteiger partial charge in [0.1, 0.15) is 0 Å². The summed E-state index contributed by atoms with van der Waals surface area (Å²) in [6.07, 6.45) is 2.40. The van der Waals surface area contributed by atoms with Gasteiger partial charge in [-0.1, -0.05) is 0 Å². The third-order valence-corrected chi connectivity index (χ3v) is 2.06. The van der Waals surface area contributed by atoms with Gasteiger partial charge in [-0.2, -0.15) is 0 Å². The van der Waals surface area contributed by atoms with Crippen molar-refractivity contribution in [1.29, 1.82) is 0 Å². The molecule has 0 aromatic heterocycles. The normalized spacial score (nSPS) is 20.1. The van der Waals surface area contributed by atoms with Crippen molar-refractivity contribution in [3.05, 3.63) is 0 Å². The second-order valence-corrected chi connectivity index (χ2v) is 3.09. The van der Waals surface area contributed by atoms with Crippen molar-refractivity contribution in [2.45, 2.75) is 12.8 Å². The van der Waals surface area contributed by atoms with Gasteiger partial charge in [0.25, 0.3) is 0 Å². The van der Waals surface area contributed by atoms with Crippen LogP contribution >= 0.6 is 0 Å². The van der Waals surface area contributed by atoms with Crippen LogP contribution in [0.25, 0.3) is 0 Å². The van der Waals surface area contributed by atoms with Gasteiger partial charge in [0.2, 0.25) is 5.91 Å². The molecule has 70 valence electrons. The molecule has 0 atom stereocenters. The van der Waals surface area contributed by atoms with Gasteiger partial charge in [0, 0.05) is 13.7 Å².